The fraction of sp³-hybridized carbons (Fsp3) is 0.941. The Hall–Kier alpha value is -1.40. The highest BCUT2D eigenvalue weighted by Crippen LogP contribution is 2.19. The Kier molecular flexibility index (Phi) is 62.9. The molecule has 0 bridgehead atoms. The van der Waals surface area contributed by atoms with Gasteiger partial charge in [-0.25, -0.2) is 0 Å². The highest BCUT2D eigenvalue weighted by molar-refractivity contribution is 5.76. The van der Waals surface area contributed by atoms with Gasteiger partial charge in [0.05, 0.1) is 25.4 Å². The Morgan fingerprint density at radius 1 is 0.365 bits per heavy atom. The number of amides is 1. The summed E-state index contributed by atoms with van der Waals surface area (Å²) in [6.07, 6.45) is 78.1. The lowest BCUT2D eigenvalue weighted by Gasteiger charge is -2.22. The highest BCUT2D eigenvalue weighted by Gasteiger charge is 2.20. The van der Waals surface area contributed by atoms with Crippen molar-refractivity contribution >= 4 is 11.9 Å². The van der Waals surface area contributed by atoms with E-state index in [1.807, 2.05) is 0 Å². The first kappa shape index (κ1) is 72.6. The van der Waals surface area contributed by atoms with Crippen molar-refractivity contribution in [2.45, 2.75) is 398 Å². The third kappa shape index (κ3) is 59.8. The van der Waals surface area contributed by atoms with E-state index < -0.39 is 12.1 Å². The van der Waals surface area contributed by atoms with Crippen molar-refractivity contribution in [3.63, 3.8) is 0 Å². The molecule has 0 aliphatic rings. The number of unbranched alkanes of at least 4 members (excludes halogenated alkanes) is 51. The van der Waals surface area contributed by atoms with Gasteiger partial charge in [-0.3, -0.25) is 9.59 Å². The van der Waals surface area contributed by atoms with Crippen LogP contribution in [0.5, 0.6) is 0 Å². The van der Waals surface area contributed by atoms with E-state index in [1.165, 1.54) is 315 Å². The molecular formula is C68H133NO5. The third-order valence-corrected chi connectivity index (χ3v) is 16.1. The molecule has 3 N–H and O–H groups in total. The molecular weight excluding hydrogens is 911 g/mol. The molecule has 2 atom stereocenters. The summed E-state index contributed by atoms with van der Waals surface area (Å²) in [5.41, 5.74) is 0. The van der Waals surface area contributed by atoms with Crippen molar-refractivity contribution in [3.05, 3.63) is 12.2 Å². The molecule has 0 radical (unpaired) electrons. The van der Waals surface area contributed by atoms with Crippen LogP contribution in [-0.4, -0.2) is 47.4 Å². The number of aliphatic hydroxyl groups is 2. The second kappa shape index (κ2) is 64.1. The summed E-state index contributed by atoms with van der Waals surface area (Å²) in [7, 11) is 0. The van der Waals surface area contributed by atoms with Crippen molar-refractivity contribution in [1.82, 2.24) is 5.32 Å². The predicted molar refractivity (Wildman–Crippen MR) is 324 cm³/mol. The minimum absolute atomic E-state index is 0.0150. The van der Waals surface area contributed by atoms with Crippen LogP contribution in [0.1, 0.15) is 386 Å². The summed E-state index contributed by atoms with van der Waals surface area (Å²) in [5.74, 6) is -0.0231. The van der Waals surface area contributed by atoms with Gasteiger partial charge in [-0.05, 0) is 51.4 Å². The Morgan fingerprint density at radius 3 is 0.959 bits per heavy atom. The number of nitrogens with one attached hydrogen (secondary N) is 1. The van der Waals surface area contributed by atoms with Crippen molar-refractivity contribution in [2.75, 3.05) is 13.2 Å². The molecule has 6 heteroatoms. The predicted octanol–water partition coefficient (Wildman–Crippen LogP) is 21.6. The van der Waals surface area contributed by atoms with Gasteiger partial charge in [0, 0.05) is 12.8 Å². The van der Waals surface area contributed by atoms with Crippen LogP contribution in [0.2, 0.25) is 0 Å². The molecule has 0 aromatic rings. The largest absolute Gasteiger partial charge is 0.466 e. The lowest BCUT2D eigenvalue weighted by atomic mass is 10.0. The Morgan fingerprint density at radius 2 is 0.635 bits per heavy atom. The van der Waals surface area contributed by atoms with Gasteiger partial charge in [-0.1, -0.05) is 334 Å². The van der Waals surface area contributed by atoms with Crippen molar-refractivity contribution in [1.29, 1.82) is 0 Å². The van der Waals surface area contributed by atoms with E-state index >= 15 is 0 Å². The Balaban J connectivity index is 3.39. The van der Waals surface area contributed by atoms with Gasteiger partial charge < -0.3 is 20.3 Å². The van der Waals surface area contributed by atoms with Crippen molar-refractivity contribution < 1.29 is 24.5 Å². The third-order valence-electron chi connectivity index (χ3n) is 16.1. The summed E-state index contributed by atoms with van der Waals surface area (Å²) >= 11 is 0. The molecule has 0 heterocycles. The summed E-state index contributed by atoms with van der Waals surface area (Å²) in [6.45, 7) is 4.99. The van der Waals surface area contributed by atoms with Crippen LogP contribution in [0.4, 0.5) is 0 Å². The van der Waals surface area contributed by atoms with E-state index in [1.54, 1.807) is 0 Å². The van der Waals surface area contributed by atoms with Crippen molar-refractivity contribution in [2.24, 2.45) is 0 Å². The zero-order valence-electron chi connectivity index (χ0n) is 50.4. The van der Waals surface area contributed by atoms with Crippen LogP contribution in [0.15, 0.2) is 12.2 Å². The van der Waals surface area contributed by atoms with Crippen LogP contribution in [-0.2, 0) is 14.3 Å². The number of allylic oxidation sites excluding steroid dienone is 2. The van der Waals surface area contributed by atoms with Gasteiger partial charge in [0.1, 0.15) is 0 Å². The first-order valence-corrected chi connectivity index (χ1v) is 33.9. The van der Waals surface area contributed by atoms with Gasteiger partial charge in [0.2, 0.25) is 5.91 Å². The van der Waals surface area contributed by atoms with E-state index in [-0.39, 0.29) is 18.5 Å². The molecule has 0 rings (SSSR count). The smallest absolute Gasteiger partial charge is 0.305 e. The number of carbonyl (C=O) groups is 2. The summed E-state index contributed by atoms with van der Waals surface area (Å²) < 4.78 is 5.50. The standard InChI is InChI=1S/C68H133NO5/c1-3-5-7-9-11-13-15-17-19-21-29-32-36-40-44-48-52-56-60-66(71)65(64-70)69-67(72)61-57-53-49-45-41-37-33-30-26-24-22-23-25-27-31-35-39-43-47-51-55-59-63-74-68(73)62-58-54-50-46-42-38-34-28-20-18-16-14-12-10-8-6-4-2/h24,26,65-66,70-71H,3-23,25,27-64H2,1-2H3,(H,69,72)/b26-24-. The van der Waals surface area contributed by atoms with Crippen LogP contribution < -0.4 is 5.32 Å². The lowest BCUT2D eigenvalue weighted by molar-refractivity contribution is -0.143. The second-order valence-electron chi connectivity index (χ2n) is 23.5. The van der Waals surface area contributed by atoms with E-state index in [4.69, 9.17) is 4.74 Å². The van der Waals surface area contributed by atoms with E-state index in [0.29, 0.717) is 25.9 Å². The number of ether oxygens (including phenoxy) is 1. The fourth-order valence-corrected chi connectivity index (χ4v) is 10.9. The highest BCUT2D eigenvalue weighted by atomic mass is 16.5. The monoisotopic (exact) mass is 1040 g/mol. The molecule has 0 aliphatic carbocycles. The fourth-order valence-electron chi connectivity index (χ4n) is 10.9. The van der Waals surface area contributed by atoms with Crippen LogP contribution in [0, 0.1) is 0 Å². The van der Waals surface area contributed by atoms with Gasteiger partial charge in [-0.2, -0.15) is 0 Å². The molecule has 0 aromatic carbocycles. The second-order valence-corrected chi connectivity index (χ2v) is 23.5. The average molecular weight is 1040 g/mol. The SMILES string of the molecule is CCCCCCCCCCCCCCCCCCCCC(O)C(CO)NC(=O)CCCCCCCCC/C=C\CCCCCCCCCCCCCOC(=O)CCCCCCCCCCCCCCCCCCC. The van der Waals surface area contributed by atoms with Gasteiger partial charge >= 0.3 is 5.97 Å². The van der Waals surface area contributed by atoms with Crippen LogP contribution in [0.25, 0.3) is 0 Å². The maximum atomic E-state index is 12.5. The topological polar surface area (TPSA) is 95.9 Å². The molecule has 0 aliphatic heterocycles. The van der Waals surface area contributed by atoms with Gasteiger partial charge in [0.15, 0.2) is 0 Å². The number of carbonyl (C=O) groups excluding carboxylic acids is 2. The first-order chi connectivity index (χ1) is 36.5. The number of hydrogen-bond acceptors (Lipinski definition) is 5. The van der Waals surface area contributed by atoms with Gasteiger partial charge in [-0.15, -0.1) is 0 Å². The molecule has 74 heavy (non-hydrogen) atoms. The van der Waals surface area contributed by atoms with Crippen LogP contribution in [0.3, 0.4) is 0 Å². The summed E-state index contributed by atoms with van der Waals surface area (Å²) in [5, 5.41) is 23.4. The summed E-state index contributed by atoms with van der Waals surface area (Å²) in [6, 6.07) is -0.546. The molecule has 2 unspecified atom stereocenters. The zero-order valence-corrected chi connectivity index (χ0v) is 50.4. The normalized spacial score (nSPS) is 12.5. The zero-order chi connectivity index (χ0) is 53.6. The number of esters is 1. The summed E-state index contributed by atoms with van der Waals surface area (Å²) in [4.78, 5) is 24.6. The lowest BCUT2D eigenvalue weighted by Crippen LogP contribution is -2.45. The van der Waals surface area contributed by atoms with E-state index in [0.717, 1.165) is 38.5 Å². The number of hydrogen-bond donors (Lipinski definition) is 3. The minimum atomic E-state index is -0.668. The first-order valence-electron chi connectivity index (χ1n) is 33.9. The molecule has 0 saturated heterocycles. The molecule has 0 fully saturated rings. The average Bonchev–Trinajstić information content (AvgIpc) is 3.40. The van der Waals surface area contributed by atoms with E-state index in [9.17, 15) is 19.8 Å². The van der Waals surface area contributed by atoms with Gasteiger partial charge in [0.25, 0.3) is 0 Å². The Bertz CT molecular complexity index is 1110. The quantitative estimate of drug-likeness (QED) is 0.0320. The molecule has 0 aromatic heterocycles. The molecule has 0 saturated carbocycles. The molecule has 0 spiro atoms. The van der Waals surface area contributed by atoms with Crippen LogP contribution >= 0.6 is 0 Å². The maximum absolute atomic E-state index is 12.5. The minimum Gasteiger partial charge on any atom is -0.466 e. The number of aliphatic hydroxyl groups excluding tert-OH is 2. The maximum Gasteiger partial charge on any atom is 0.305 e. The number of rotatable bonds is 64. The molecule has 1 amide bonds. The van der Waals surface area contributed by atoms with E-state index in [2.05, 4.69) is 31.3 Å². The molecule has 440 valence electrons. The Labute approximate surface area is 463 Å². The molecule has 6 nitrogen and oxygen atoms in total. The van der Waals surface area contributed by atoms with Crippen molar-refractivity contribution in [3.8, 4) is 0 Å².